The summed E-state index contributed by atoms with van der Waals surface area (Å²) < 4.78 is 27.1. The molecule has 1 aromatic heterocycles. The van der Waals surface area contributed by atoms with Crippen LogP contribution in [0, 0.1) is 18.8 Å². The van der Waals surface area contributed by atoms with Crippen molar-refractivity contribution in [1.82, 2.24) is 4.98 Å². The molecule has 6 heteroatoms. The van der Waals surface area contributed by atoms with Crippen molar-refractivity contribution < 1.29 is 8.42 Å². The predicted molar refractivity (Wildman–Crippen MR) is 82.2 cm³/mol. The lowest BCUT2D eigenvalue weighted by atomic mass is 10.2. The van der Waals surface area contributed by atoms with E-state index in [2.05, 4.69) is 21.5 Å². The quantitative estimate of drug-likeness (QED) is 0.841. The molecule has 3 N–H and O–H groups in total. The van der Waals surface area contributed by atoms with Gasteiger partial charge in [0, 0.05) is 18.0 Å². The molecule has 1 aromatic carbocycles. The summed E-state index contributed by atoms with van der Waals surface area (Å²) in [6.45, 7) is 2.05. The predicted octanol–water partition coefficient (Wildman–Crippen LogP) is 1.50. The van der Waals surface area contributed by atoms with E-state index >= 15 is 0 Å². The fourth-order valence-electron chi connectivity index (χ4n) is 1.66. The molecule has 21 heavy (non-hydrogen) atoms. The number of aromatic nitrogens is 1. The van der Waals surface area contributed by atoms with Crippen LogP contribution in [0.15, 0.2) is 47.6 Å². The van der Waals surface area contributed by atoms with Gasteiger partial charge in [-0.3, -0.25) is 9.71 Å². The van der Waals surface area contributed by atoms with Gasteiger partial charge in [0.15, 0.2) is 0 Å². The second-order valence-corrected chi connectivity index (χ2v) is 6.01. The van der Waals surface area contributed by atoms with Gasteiger partial charge in [-0.25, -0.2) is 8.42 Å². The van der Waals surface area contributed by atoms with Gasteiger partial charge >= 0.3 is 0 Å². The summed E-state index contributed by atoms with van der Waals surface area (Å²) in [7, 11) is -3.62. The van der Waals surface area contributed by atoms with Crippen LogP contribution in [-0.2, 0) is 10.0 Å². The number of nitrogens with two attached hydrogens (primary N) is 1. The summed E-state index contributed by atoms with van der Waals surface area (Å²) >= 11 is 0. The Morgan fingerprint density at radius 2 is 1.95 bits per heavy atom. The second-order valence-electron chi connectivity index (χ2n) is 4.33. The Kier molecular flexibility index (Phi) is 4.58. The summed E-state index contributed by atoms with van der Waals surface area (Å²) in [6, 6.07) is 7.94. The van der Waals surface area contributed by atoms with E-state index < -0.39 is 10.0 Å². The highest BCUT2D eigenvalue weighted by atomic mass is 32.2. The Morgan fingerprint density at radius 1 is 1.24 bits per heavy atom. The zero-order valence-corrected chi connectivity index (χ0v) is 12.3. The lowest BCUT2D eigenvalue weighted by molar-refractivity contribution is 0.601. The van der Waals surface area contributed by atoms with Gasteiger partial charge in [0.05, 0.1) is 17.1 Å². The molecule has 0 unspecified atom stereocenters. The SMILES string of the molecule is Cc1cnccc1NS(=O)(=O)c1ccc(C#CCN)cc1. The Labute approximate surface area is 124 Å². The molecule has 108 valence electrons. The lowest BCUT2D eigenvalue weighted by Gasteiger charge is -2.10. The van der Waals surface area contributed by atoms with E-state index in [1.807, 2.05) is 0 Å². The Hall–Kier alpha value is -2.36. The number of pyridine rings is 1. The number of hydrogen-bond donors (Lipinski definition) is 2. The van der Waals surface area contributed by atoms with Crippen molar-refractivity contribution in [2.24, 2.45) is 5.73 Å². The molecular weight excluding hydrogens is 286 g/mol. The summed E-state index contributed by atoms with van der Waals surface area (Å²) in [5.41, 5.74) is 7.28. The molecule has 0 saturated heterocycles. The van der Waals surface area contributed by atoms with Crippen LogP contribution in [0.25, 0.3) is 0 Å². The first kappa shape index (κ1) is 15.0. The van der Waals surface area contributed by atoms with Crippen LogP contribution < -0.4 is 10.5 Å². The molecular formula is C15H15N3O2S. The number of sulfonamides is 1. The van der Waals surface area contributed by atoms with Crippen molar-refractivity contribution in [1.29, 1.82) is 0 Å². The van der Waals surface area contributed by atoms with Gasteiger partial charge < -0.3 is 5.73 Å². The number of hydrogen-bond acceptors (Lipinski definition) is 4. The number of rotatable bonds is 3. The zero-order valence-electron chi connectivity index (χ0n) is 11.5. The topological polar surface area (TPSA) is 85.1 Å². The highest BCUT2D eigenvalue weighted by Crippen LogP contribution is 2.18. The number of nitrogens with zero attached hydrogens (tertiary/aromatic N) is 1. The molecule has 0 aliphatic rings. The van der Waals surface area contributed by atoms with Crippen molar-refractivity contribution in [3.8, 4) is 11.8 Å². The van der Waals surface area contributed by atoms with Crippen molar-refractivity contribution >= 4 is 15.7 Å². The molecule has 2 aromatic rings. The van der Waals surface area contributed by atoms with Crippen LogP contribution >= 0.6 is 0 Å². The first-order valence-electron chi connectivity index (χ1n) is 6.25. The van der Waals surface area contributed by atoms with Gasteiger partial charge in [-0.15, -0.1) is 0 Å². The Morgan fingerprint density at radius 3 is 2.57 bits per heavy atom. The zero-order chi connectivity index (χ0) is 15.3. The van der Waals surface area contributed by atoms with Gasteiger partial charge in [0.2, 0.25) is 0 Å². The molecule has 0 fully saturated rings. The lowest BCUT2D eigenvalue weighted by Crippen LogP contribution is -2.13. The maximum Gasteiger partial charge on any atom is 0.261 e. The van der Waals surface area contributed by atoms with Crippen LogP contribution in [0.4, 0.5) is 5.69 Å². The summed E-state index contributed by atoms with van der Waals surface area (Å²) in [6.07, 6.45) is 3.14. The molecule has 1 heterocycles. The second kappa shape index (κ2) is 6.39. The average Bonchev–Trinajstić information content (AvgIpc) is 2.48. The minimum Gasteiger partial charge on any atom is -0.320 e. The fourth-order valence-corrected chi connectivity index (χ4v) is 2.79. The van der Waals surface area contributed by atoms with Crippen molar-refractivity contribution in [2.75, 3.05) is 11.3 Å². The van der Waals surface area contributed by atoms with Gasteiger partial charge in [-0.05, 0) is 42.8 Å². The van der Waals surface area contributed by atoms with E-state index in [1.165, 1.54) is 18.3 Å². The van der Waals surface area contributed by atoms with Gasteiger partial charge in [0.25, 0.3) is 10.0 Å². The van der Waals surface area contributed by atoms with Gasteiger partial charge in [-0.1, -0.05) is 11.8 Å². The van der Waals surface area contributed by atoms with Crippen LogP contribution in [0.3, 0.4) is 0 Å². The third-order valence-electron chi connectivity index (χ3n) is 2.76. The van der Waals surface area contributed by atoms with E-state index in [-0.39, 0.29) is 11.4 Å². The molecule has 0 atom stereocenters. The minimum atomic E-state index is -3.62. The van der Waals surface area contributed by atoms with Crippen LogP contribution in [0.1, 0.15) is 11.1 Å². The number of nitrogens with one attached hydrogen (secondary N) is 1. The normalized spacial score (nSPS) is 10.6. The van der Waals surface area contributed by atoms with E-state index in [0.717, 1.165) is 11.1 Å². The summed E-state index contributed by atoms with van der Waals surface area (Å²) in [5.74, 6) is 5.56. The monoisotopic (exact) mass is 301 g/mol. The van der Waals surface area contributed by atoms with E-state index in [1.54, 1.807) is 31.3 Å². The number of aryl methyl sites for hydroxylation is 1. The molecule has 0 aliphatic carbocycles. The van der Waals surface area contributed by atoms with Crippen molar-refractivity contribution in [3.63, 3.8) is 0 Å². The van der Waals surface area contributed by atoms with Crippen molar-refractivity contribution in [3.05, 3.63) is 53.9 Å². The third kappa shape index (κ3) is 3.81. The Bertz CT molecular complexity index is 788. The molecule has 0 radical (unpaired) electrons. The molecule has 0 bridgehead atoms. The number of benzene rings is 1. The van der Waals surface area contributed by atoms with Crippen molar-refractivity contribution in [2.45, 2.75) is 11.8 Å². The van der Waals surface area contributed by atoms with Crippen LogP contribution in [0.2, 0.25) is 0 Å². The third-order valence-corrected chi connectivity index (χ3v) is 4.15. The molecule has 2 rings (SSSR count). The van der Waals surface area contributed by atoms with Gasteiger partial charge in [0.1, 0.15) is 0 Å². The van der Waals surface area contributed by atoms with E-state index in [9.17, 15) is 8.42 Å². The smallest absolute Gasteiger partial charge is 0.261 e. The molecule has 0 amide bonds. The first-order chi connectivity index (χ1) is 10.0. The van der Waals surface area contributed by atoms with Gasteiger partial charge in [-0.2, -0.15) is 0 Å². The van der Waals surface area contributed by atoms with E-state index in [0.29, 0.717) is 5.69 Å². The molecule has 0 spiro atoms. The Balaban J connectivity index is 2.26. The first-order valence-corrected chi connectivity index (χ1v) is 7.73. The molecule has 5 nitrogen and oxygen atoms in total. The highest BCUT2D eigenvalue weighted by molar-refractivity contribution is 7.92. The highest BCUT2D eigenvalue weighted by Gasteiger charge is 2.14. The maximum absolute atomic E-state index is 12.3. The number of anilines is 1. The summed E-state index contributed by atoms with van der Waals surface area (Å²) in [4.78, 5) is 4.11. The summed E-state index contributed by atoms with van der Waals surface area (Å²) in [5, 5.41) is 0. The fraction of sp³-hybridized carbons (Fsp3) is 0.133. The molecule has 0 aliphatic heterocycles. The van der Waals surface area contributed by atoms with Crippen LogP contribution in [-0.4, -0.2) is 19.9 Å². The maximum atomic E-state index is 12.3. The van der Waals surface area contributed by atoms with Crippen LogP contribution in [0.5, 0.6) is 0 Å². The minimum absolute atomic E-state index is 0.178. The average molecular weight is 301 g/mol. The standard InChI is InChI=1S/C15H15N3O2S/c1-12-11-17-10-8-15(12)18-21(19,20)14-6-4-13(5-7-14)3-2-9-16/h4-8,10-11H,9,16H2,1H3,(H,17,18). The van der Waals surface area contributed by atoms with E-state index in [4.69, 9.17) is 5.73 Å². The largest absolute Gasteiger partial charge is 0.320 e. The molecule has 0 saturated carbocycles.